The predicted octanol–water partition coefficient (Wildman–Crippen LogP) is 7.44. The normalized spacial score (nSPS) is 16.3. The van der Waals surface area contributed by atoms with Crippen molar-refractivity contribution in [2.24, 2.45) is 11.3 Å². The van der Waals surface area contributed by atoms with Gasteiger partial charge in [-0.2, -0.15) is 0 Å². The molecule has 0 spiro atoms. The number of nitrogens with zero attached hydrogens (tertiary/aromatic N) is 4. The molecule has 0 radical (unpaired) electrons. The van der Waals surface area contributed by atoms with Crippen LogP contribution >= 0.6 is 11.8 Å². The number of carbonyl (C=O) groups excluding carboxylic acids is 5. The van der Waals surface area contributed by atoms with Gasteiger partial charge >= 0.3 is 12.1 Å². The molecule has 3 atom stereocenters. The summed E-state index contributed by atoms with van der Waals surface area (Å²) in [6, 6.07) is 12.8. The van der Waals surface area contributed by atoms with Crippen LogP contribution in [-0.4, -0.2) is 109 Å². The van der Waals surface area contributed by atoms with Gasteiger partial charge < -0.3 is 29.5 Å². The van der Waals surface area contributed by atoms with Crippen LogP contribution in [0.15, 0.2) is 72.9 Å². The van der Waals surface area contributed by atoms with Crippen molar-refractivity contribution in [3.8, 4) is 11.1 Å². The number of imide groups is 1. The number of aliphatic carboxylic acids is 1. The first kappa shape index (κ1) is 48.5. The Kier molecular flexibility index (Phi) is 16.4. The van der Waals surface area contributed by atoms with Crippen molar-refractivity contribution in [1.29, 1.82) is 0 Å². The maximum atomic E-state index is 15.4. The van der Waals surface area contributed by atoms with E-state index in [4.69, 9.17) is 4.74 Å². The van der Waals surface area contributed by atoms with Gasteiger partial charge in [-0.05, 0) is 81.2 Å². The third-order valence-electron chi connectivity index (χ3n) is 10.8. The van der Waals surface area contributed by atoms with Crippen LogP contribution in [0, 0.1) is 23.0 Å². The van der Waals surface area contributed by atoms with Crippen LogP contribution in [0.5, 0.6) is 0 Å². The summed E-state index contributed by atoms with van der Waals surface area (Å²) in [6.07, 6.45) is 5.84. The Morgan fingerprint density at radius 1 is 0.952 bits per heavy atom. The molecule has 3 aromatic rings. The Balaban J connectivity index is 1.37. The monoisotopic (exact) mass is 891 g/mol. The predicted molar refractivity (Wildman–Crippen MR) is 236 cm³/mol. The Morgan fingerprint density at radius 2 is 1.65 bits per heavy atom. The lowest BCUT2D eigenvalue weighted by Gasteiger charge is -2.42. The van der Waals surface area contributed by atoms with Gasteiger partial charge in [-0.15, -0.1) is 11.8 Å². The van der Waals surface area contributed by atoms with Crippen LogP contribution in [0.1, 0.15) is 90.9 Å². The molecule has 1 fully saturated rings. The number of nitrogens with one attached hydrogen (secondary N) is 1. The highest BCUT2D eigenvalue weighted by Gasteiger charge is 2.40. The summed E-state index contributed by atoms with van der Waals surface area (Å²) in [7, 11) is 0. The van der Waals surface area contributed by atoms with E-state index in [1.807, 2.05) is 55.7 Å². The van der Waals surface area contributed by atoms with Crippen LogP contribution in [-0.2, 0) is 35.3 Å². The second kappa shape index (κ2) is 21.2. The highest BCUT2D eigenvalue weighted by Crippen LogP contribution is 2.42. The molecular formula is C47H59F2N5O8S. The van der Waals surface area contributed by atoms with Crippen LogP contribution in [0.25, 0.3) is 11.1 Å². The van der Waals surface area contributed by atoms with E-state index in [1.54, 1.807) is 42.8 Å². The van der Waals surface area contributed by atoms with E-state index in [1.165, 1.54) is 12.2 Å². The molecule has 5 amide bonds. The van der Waals surface area contributed by atoms with Gasteiger partial charge in [0.25, 0.3) is 11.8 Å². The molecule has 2 unspecified atom stereocenters. The van der Waals surface area contributed by atoms with Crippen molar-refractivity contribution in [2.45, 2.75) is 97.9 Å². The van der Waals surface area contributed by atoms with Gasteiger partial charge in [0.05, 0.1) is 11.8 Å². The van der Waals surface area contributed by atoms with Gasteiger partial charge in [0.1, 0.15) is 23.3 Å². The zero-order chi connectivity index (χ0) is 46.1. The topological polar surface area (TPSA) is 159 Å². The first-order valence-corrected chi connectivity index (χ1v) is 22.5. The maximum Gasteiger partial charge on any atom is 0.410 e. The summed E-state index contributed by atoms with van der Waals surface area (Å²) in [4.78, 5) is 81.1. The average molecular weight is 892 g/mol. The van der Waals surface area contributed by atoms with E-state index in [0.717, 1.165) is 40.4 Å². The summed E-state index contributed by atoms with van der Waals surface area (Å²) >= 11 is 1.08. The molecule has 2 aromatic carbocycles. The van der Waals surface area contributed by atoms with E-state index < -0.39 is 52.7 Å². The molecule has 1 aromatic heterocycles. The number of hydrogen-bond acceptors (Lipinski definition) is 8. The number of amides is 5. The van der Waals surface area contributed by atoms with Crippen LogP contribution in [0.2, 0.25) is 0 Å². The molecule has 2 aliphatic heterocycles. The number of likely N-dealkylation sites (tertiary alicyclic amines) is 1. The first-order valence-electron chi connectivity index (χ1n) is 21.3. The van der Waals surface area contributed by atoms with Gasteiger partial charge in [0.2, 0.25) is 11.8 Å². The Hall–Kier alpha value is -5.51. The molecule has 0 bridgehead atoms. The minimum atomic E-state index is -1.28. The number of carboxylic acid groups (broad SMARTS) is 1. The van der Waals surface area contributed by atoms with E-state index in [2.05, 4.69) is 5.32 Å². The van der Waals surface area contributed by atoms with Gasteiger partial charge in [0.15, 0.2) is 0 Å². The maximum absolute atomic E-state index is 15.4. The SMILES string of the molecule is CC(C)(C)OC(=O)N1CCC(CN(C(=O)CSC[C@H](NC(=O)CCCCCN2C(=O)C=CC2=O)C(=O)O)C(c2cc(-c3cc(F)ccc3F)cn2Cc2ccccc2)C(C)(C)C)C1. The van der Waals surface area contributed by atoms with Gasteiger partial charge in [-0.3, -0.25) is 24.1 Å². The van der Waals surface area contributed by atoms with Gasteiger partial charge in [-0.1, -0.05) is 57.5 Å². The Labute approximate surface area is 372 Å². The number of thioether (sulfide) groups is 1. The van der Waals surface area contributed by atoms with Crippen molar-refractivity contribution in [1.82, 2.24) is 24.6 Å². The van der Waals surface area contributed by atoms with E-state index in [0.29, 0.717) is 56.6 Å². The number of carbonyl (C=O) groups is 6. The zero-order valence-electron chi connectivity index (χ0n) is 36.9. The molecule has 0 aliphatic carbocycles. The largest absolute Gasteiger partial charge is 0.480 e. The number of benzene rings is 2. The quantitative estimate of drug-likeness (QED) is 0.0922. The fourth-order valence-electron chi connectivity index (χ4n) is 7.89. The molecule has 340 valence electrons. The summed E-state index contributed by atoms with van der Waals surface area (Å²) in [5, 5.41) is 12.6. The highest BCUT2D eigenvalue weighted by molar-refractivity contribution is 8.00. The third-order valence-corrected chi connectivity index (χ3v) is 11.8. The lowest BCUT2D eigenvalue weighted by Crippen LogP contribution is -2.46. The zero-order valence-corrected chi connectivity index (χ0v) is 37.7. The number of ether oxygens (including phenoxy) is 1. The molecule has 5 rings (SSSR count). The minimum Gasteiger partial charge on any atom is -0.480 e. The Bertz CT molecular complexity index is 2150. The molecular weight excluding hydrogens is 833 g/mol. The summed E-state index contributed by atoms with van der Waals surface area (Å²) in [5.74, 6) is -4.36. The number of rotatable bonds is 19. The van der Waals surface area contributed by atoms with Gasteiger partial charge in [0, 0.05) is 80.1 Å². The second-order valence-electron chi connectivity index (χ2n) is 18.2. The summed E-state index contributed by atoms with van der Waals surface area (Å²) < 4.78 is 37.5. The number of hydrogen-bond donors (Lipinski definition) is 2. The molecule has 16 heteroatoms. The number of aromatic nitrogens is 1. The average Bonchev–Trinajstić information content (AvgIpc) is 3.93. The molecule has 3 heterocycles. The number of unbranched alkanes of at least 4 members (excludes halogenated alkanes) is 2. The van der Waals surface area contributed by atoms with Crippen molar-refractivity contribution in [3.05, 3.63) is 95.8 Å². The highest BCUT2D eigenvalue weighted by atomic mass is 32.2. The standard InChI is InChI=1S/C47H59F2N5O8S/c1-46(2,3)43(38-23-33(35-24-34(48)16-17-36(35)49)28-52(38)25-31-13-9-7-10-14-31)54(27-32-20-22-51(26-32)45(61)62-47(4,5)6)42(58)30-63-29-37(44(59)60)50-39(55)15-11-8-12-21-53-40(56)18-19-41(53)57/h7,9-10,13-14,16-19,23-24,28,32,37,43H,8,11-12,15,20-22,25-27,29-30H2,1-6H3,(H,50,55)(H,59,60)/t32?,37-,43?/m0/s1. The van der Waals surface area contributed by atoms with Crippen LogP contribution < -0.4 is 5.32 Å². The first-order chi connectivity index (χ1) is 29.7. The fraction of sp³-hybridized carbons (Fsp3) is 0.489. The van der Waals surface area contributed by atoms with E-state index in [9.17, 15) is 38.3 Å². The number of carboxylic acids is 1. The van der Waals surface area contributed by atoms with E-state index in [-0.39, 0.29) is 60.2 Å². The molecule has 0 saturated carbocycles. The Morgan fingerprint density at radius 3 is 2.30 bits per heavy atom. The minimum absolute atomic E-state index is 0.0421. The lowest BCUT2D eigenvalue weighted by atomic mass is 9.82. The summed E-state index contributed by atoms with van der Waals surface area (Å²) in [6.45, 7) is 13.0. The van der Waals surface area contributed by atoms with Gasteiger partial charge in [-0.25, -0.2) is 18.4 Å². The lowest BCUT2D eigenvalue weighted by molar-refractivity contribution is -0.141. The summed E-state index contributed by atoms with van der Waals surface area (Å²) in [5.41, 5.74) is 0.791. The smallest absolute Gasteiger partial charge is 0.410 e. The van der Waals surface area contributed by atoms with Crippen molar-refractivity contribution in [2.75, 3.05) is 37.7 Å². The van der Waals surface area contributed by atoms with Crippen molar-refractivity contribution < 1.29 is 47.4 Å². The number of halogens is 2. The molecule has 2 N–H and O–H groups in total. The molecule has 63 heavy (non-hydrogen) atoms. The van der Waals surface area contributed by atoms with Crippen LogP contribution in [0.3, 0.4) is 0 Å². The third kappa shape index (κ3) is 13.7. The second-order valence-corrected chi connectivity index (χ2v) is 19.3. The fourth-order valence-corrected chi connectivity index (χ4v) is 8.81. The van der Waals surface area contributed by atoms with Crippen molar-refractivity contribution >= 4 is 47.5 Å². The van der Waals surface area contributed by atoms with Crippen LogP contribution in [0.4, 0.5) is 13.6 Å². The molecule has 2 aliphatic rings. The van der Waals surface area contributed by atoms with E-state index >= 15 is 4.39 Å². The molecule has 1 saturated heterocycles. The molecule has 13 nitrogen and oxygen atoms in total. The van der Waals surface area contributed by atoms with Crippen molar-refractivity contribution in [3.63, 3.8) is 0 Å².